The third-order valence-electron chi connectivity index (χ3n) is 3.80. The molecule has 1 fully saturated rings. The van der Waals surface area contributed by atoms with Crippen molar-refractivity contribution in [2.24, 2.45) is 5.92 Å². The molecule has 1 aromatic rings. The zero-order valence-corrected chi connectivity index (χ0v) is 12.7. The summed E-state index contributed by atoms with van der Waals surface area (Å²) in [7, 11) is 1.24. The number of benzene rings is 1. The fourth-order valence-corrected chi connectivity index (χ4v) is 2.54. The number of nitrogens with one attached hydrogen (secondary N) is 1. The van der Waals surface area contributed by atoms with Gasteiger partial charge in [0.2, 0.25) is 0 Å². The third kappa shape index (κ3) is 3.94. The maximum absolute atomic E-state index is 13.6. The number of esters is 1. The van der Waals surface area contributed by atoms with Gasteiger partial charge in [-0.15, -0.1) is 0 Å². The molecule has 0 saturated carbocycles. The molecule has 1 aliphatic heterocycles. The molecule has 4 nitrogen and oxygen atoms in total. The summed E-state index contributed by atoms with van der Waals surface area (Å²) >= 11 is 0. The minimum absolute atomic E-state index is 0.0463. The van der Waals surface area contributed by atoms with Crippen LogP contribution in [-0.2, 0) is 9.47 Å². The normalized spacial score (nSPS) is 22.1. The van der Waals surface area contributed by atoms with Gasteiger partial charge in [-0.3, -0.25) is 0 Å². The summed E-state index contributed by atoms with van der Waals surface area (Å²) in [6, 6.07) is 4.69. The highest BCUT2D eigenvalue weighted by molar-refractivity contribution is 5.90. The van der Waals surface area contributed by atoms with Crippen LogP contribution in [-0.4, -0.2) is 31.8 Å². The first-order valence-corrected chi connectivity index (χ1v) is 7.27. The fourth-order valence-electron chi connectivity index (χ4n) is 2.54. The molecular weight excluding hydrogens is 273 g/mol. The quantitative estimate of drug-likeness (QED) is 0.866. The van der Waals surface area contributed by atoms with Gasteiger partial charge in [0.05, 0.1) is 18.8 Å². The molecule has 1 saturated heterocycles. The second-order valence-electron chi connectivity index (χ2n) is 5.71. The average molecular weight is 295 g/mol. The Balaban J connectivity index is 2.07. The van der Waals surface area contributed by atoms with Crippen LogP contribution in [0.5, 0.6) is 0 Å². The van der Waals surface area contributed by atoms with Crippen molar-refractivity contribution >= 4 is 11.7 Å². The number of carbonyl (C=O) groups excluding carboxylic acids is 1. The minimum Gasteiger partial charge on any atom is -0.465 e. The summed E-state index contributed by atoms with van der Waals surface area (Å²) in [6.07, 6.45) is 2.04. The molecule has 2 rings (SSSR count). The summed E-state index contributed by atoms with van der Waals surface area (Å²) in [6.45, 7) is 4.99. The van der Waals surface area contributed by atoms with E-state index in [1.165, 1.54) is 19.2 Å². The van der Waals surface area contributed by atoms with Crippen molar-refractivity contribution in [3.8, 4) is 0 Å². The van der Waals surface area contributed by atoms with Crippen LogP contribution in [0.4, 0.5) is 10.1 Å². The Hall–Kier alpha value is -1.62. The van der Waals surface area contributed by atoms with Crippen molar-refractivity contribution in [2.75, 3.05) is 19.0 Å². The van der Waals surface area contributed by atoms with Crippen LogP contribution in [0.3, 0.4) is 0 Å². The van der Waals surface area contributed by atoms with Crippen molar-refractivity contribution in [3.05, 3.63) is 29.6 Å². The van der Waals surface area contributed by atoms with Gasteiger partial charge in [-0.1, -0.05) is 13.8 Å². The van der Waals surface area contributed by atoms with Crippen molar-refractivity contribution in [2.45, 2.75) is 38.8 Å². The van der Waals surface area contributed by atoms with E-state index in [4.69, 9.17) is 4.74 Å². The Morgan fingerprint density at radius 3 is 2.90 bits per heavy atom. The zero-order chi connectivity index (χ0) is 15.4. The van der Waals surface area contributed by atoms with Crippen molar-refractivity contribution < 1.29 is 18.7 Å². The summed E-state index contributed by atoms with van der Waals surface area (Å²) in [4.78, 5) is 11.5. The molecule has 2 atom stereocenters. The summed E-state index contributed by atoms with van der Waals surface area (Å²) < 4.78 is 23.9. The largest absolute Gasteiger partial charge is 0.465 e. The van der Waals surface area contributed by atoms with Gasteiger partial charge in [0.25, 0.3) is 0 Å². The molecule has 0 aromatic heterocycles. The van der Waals surface area contributed by atoms with Crippen molar-refractivity contribution in [3.63, 3.8) is 0 Å². The van der Waals surface area contributed by atoms with Crippen LogP contribution in [0.25, 0.3) is 0 Å². The van der Waals surface area contributed by atoms with Gasteiger partial charge in [-0.25, -0.2) is 9.18 Å². The predicted octanol–water partition coefficient (Wildman–Crippen LogP) is 3.23. The number of methoxy groups -OCH3 is 1. The highest BCUT2D eigenvalue weighted by Crippen LogP contribution is 2.24. The van der Waals surface area contributed by atoms with Crippen LogP contribution in [0.2, 0.25) is 0 Å². The number of halogens is 1. The zero-order valence-electron chi connectivity index (χ0n) is 12.7. The molecule has 1 heterocycles. The molecule has 0 spiro atoms. The average Bonchev–Trinajstić information content (AvgIpc) is 2.48. The summed E-state index contributed by atoms with van der Waals surface area (Å²) in [5, 5.41) is 3.36. The van der Waals surface area contributed by atoms with E-state index in [0.717, 1.165) is 18.5 Å². The molecule has 1 N–H and O–H groups in total. The molecule has 116 valence electrons. The monoisotopic (exact) mass is 295 g/mol. The standard InChI is InChI=1S/C16H22FNO3/c1-10(2)15-9-12(6-7-21-15)18-11-4-5-14(17)13(8-11)16(19)20-3/h4-5,8,10,12,15,18H,6-7,9H2,1-3H3. The number of rotatable bonds is 4. The lowest BCUT2D eigenvalue weighted by Crippen LogP contribution is -2.36. The van der Waals surface area contributed by atoms with Gasteiger partial charge in [0.15, 0.2) is 0 Å². The first-order valence-electron chi connectivity index (χ1n) is 7.27. The van der Waals surface area contributed by atoms with E-state index in [1.54, 1.807) is 6.07 Å². The maximum atomic E-state index is 13.6. The highest BCUT2D eigenvalue weighted by Gasteiger charge is 2.25. The third-order valence-corrected chi connectivity index (χ3v) is 3.80. The minimum atomic E-state index is -0.664. The molecule has 5 heteroatoms. The van der Waals surface area contributed by atoms with Crippen LogP contribution in [0, 0.1) is 11.7 Å². The van der Waals surface area contributed by atoms with E-state index >= 15 is 0 Å². The summed E-state index contributed by atoms with van der Waals surface area (Å²) in [5.74, 6) is -0.768. The highest BCUT2D eigenvalue weighted by atomic mass is 19.1. The lowest BCUT2D eigenvalue weighted by molar-refractivity contribution is -0.0160. The van der Waals surface area contributed by atoms with Crippen LogP contribution in [0.1, 0.15) is 37.0 Å². The maximum Gasteiger partial charge on any atom is 0.340 e. The number of hydrogen-bond donors (Lipinski definition) is 1. The molecule has 0 amide bonds. The Morgan fingerprint density at radius 1 is 1.48 bits per heavy atom. The van der Waals surface area contributed by atoms with E-state index in [-0.39, 0.29) is 17.7 Å². The molecule has 1 aromatic carbocycles. The first kappa shape index (κ1) is 15.8. The van der Waals surface area contributed by atoms with E-state index in [2.05, 4.69) is 23.9 Å². The molecular formula is C16H22FNO3. The van der Waals surface area contributed by atoms with Crippen molar-refractivity contribution in [1.29, 1.82) is 0 Å². The molecule has 0 aliphatic carbocycles. The van der Waals surface area contributed by atoms with Gasteiger partial charge in [-0.05, 0) is 37.0 Å². The van der Waals surface area contributed by atoms with Gasteiger partial charge >= 0.3 is 5.97 Å². The molecule has 0 bridgehead atoms. The Morgan fingerprint density at radius 2 is 2.24 bits per heavy atom. The molecule has 2 unspecified atom stereocenters. The molecule has 21 heavy (non-hydrogen) atoms. The SMILES string of the molecule is COC(=O)c1cc(NC2CCOC(C(C)C)C2)ccc1F. The fraction of sp³-hybridized carbons (Fsp3) is 0.562. The smallest absolute Gasteiger partial charge is 0.340 e. The van der Waals surface area contributed by atoms with Crippen LogP contribution < -0.4 is 5.32 Å². The van der Waals surface area contributed by atoms with E-state index in [9.17, 15) is 9.18 Å². The number of hydrogen-bond acceptors (Lipinski definition) is 4. The van der Waals surface area contributed by atoms with Gasteiger partial charge < -0.3 is 14.8 Å². The lowest BCUT2D eigenvalue weighted by Gasteiger charge is -2.33. The second kappa shape index (κ2) is 6.89. The number of carbonyl (C=O) groups is 1. The van der Waals surface area contributed by atoms with Gasteiger partial charge in [-0.2, -0.15) is 0 Å². The van der Waals surface area contributed by atoms with Gasteiger partial charge in [0, 0.05) is 18.3 Å². The molecule has 0 radical (unpaired) electrons. The van der Waals surface area contributed by atoms with E-state index in [1.807, 2.05) is 0 Å². The lowest BCUT2D eigenvalue weighted by atomic mass is 9.95. The number of anilines is 1. The first-order chi connectivity index (χ1) is 10.0. The number of ether oxygens (including phenoxy) is 2. The van der Waals surface area contributed by atoms with Gasteiger partial charge in [0.1, 0.15) is 5.82 Å². The van der Waals surface area contributed by atoms with Crippen LogP contribution in [0.15, 0.2) is 18.2 Å². The Bertz CT molecular complexity index is 504. The predicted molar refractivity (Wildman–Crippen MR) is 79.0 cm³/mol. The Labute approximate surface area is 124 Å². The van der Waals surface area contributed by atoms with Crippen LogP contribution >= 0.6 is 0 Å². The topological polar surface area (TPSA) is 47.6 Å². The van der Waals surface area contributed by atoms with Crippen molar-refractivity contribution in [1.82, 2.24) is 0 Å². The molecule has 1 aliphatic rings. The van der Waals surface area contributed by atoms with E-state index < -0.39 is 11.8 Å². The Kier molecular flexibility index (Phi) is 5.17. The van der Waals surface area contributed by atoms with E-state index in [0.29, 0.717) is 12.5 Å². The second-order valence-corrected chi connectivity index (χ2v) is 5.71. The summed E-state index contributed by atoms with van der Waals surface area (Å²) in [5.41, 5.74) is 0.682.